The molecule has 7 heteroatoms. The zero-order valence-corrected chi connectivity index (χ0v) is 19.7. The highest BCUT2D eigenvalue weighted by molar-refractivity contribution is 7.20. The predicted molar refractivity (Wildman–Crippen MR) is 127 cm³/mol. The van der Waals surface area contributed by atoms with E-state index in [1.54, 1.807) is 6.92 Å². The Labute approximate surface area is 189 Å². The molecular weight excluding hydrogens is 410 g/mol. The highest BCUT2D eigenvalue weighted by Crippen LogP contribution is 2.40. The molecule has 2 N–H and O–H groups in total. The average molecular weight is 444 g/mol. The third kappa shape index (κ3) is 6.15. The second kappa shape index (κ2) is 10.9. The smallest absolute Gasteiger partial charge is 0.341 e. The van der Waals surface area contributed by atoms with Crippen LogP contribution in [0.15, 0.2) is 30.3 Å². The Morgan fingerprint density at radius 2 is 1.87 bits per heavy atom. The van der Waals surface area contributed by atoms with Gasteiger partial charge in [0.05, 0.1) is 18.7 Å². The van der Waals surface area contributed by atoms with E-state index in [1.165, 1.54) is 11.3 Å². The van der Waals surface area contributed by atoms with E-state index in [1.807, 2.05) is 37.3 Å². The number of hydrogen-bond donors (Lipinski definition) is 2. The normalized spacial score (nSPS) is 15.3. The lowest BCUT2D eigenvalue weighted by Gasteiger charge is -2.32. The number of hydrogen-bond acceptors (Lipinski definition) is 6. The molecule has 0 unspecified atom stereocenters. The average Bonchev–Trinajstić information content (AvgIpc) is 3.05. The zero-order valence-electron chi connectivity index (χ0n) is 18.9. The summed E-state index contributed by atoms with van der Waals surface area (Å²) in [6, 6.07) is 10.9. The number of esters is 1. The van der Waals surface area contributed by atoms with Gasteiger partial charge >= 0.3 is 5.97 Å². The molecule has 1 aliphatic rings. The molecule has 1 aromatic carbocycles. The van der Waals surface area contributed by atoms with Gasteiger partial charge in [-0.05, 0) is 37.8 Å². The minimum Gasteiger partial charge on any atom is -0.462 e. The van der Waals surface area contributed by atoms with Crippen LogP contribution >= 0.6 is 11.3 Å². The summed E-state index contributed by atoms with van der Waals surface area (Å²) < 4.78 is 5.27. The van der Waals surface area contributed by atoms with E-state index in [9.17, 15) is 9.59 Å². The first-order valence-corrected chi connectivity index (χ1v) is 11.8. The number of piperidine rings is 1. The number of amides is 1. The molecule has 6 nitrogen and oxygen atoms in total. The van der Waals surface area contributed by atoms with Gasteiger partial charge in [-0.25, -0.2) is 4.79 Å². The van der Waals surface area contributed by atoms with Crippen molar-refractivity contribution < 1.29 is 14.3 Å². The molecule has 1 amide bonds. The number of thiophene rings is 1. The number of ether oxygens (including phenoxy) is 1. The summed E-state index contributed by atoms with van der Waals surface area (Å²) in [7, 11) is 0. The first-order valence-electron chi connectivity index (χ1n) is 11.0. The third-order valence-electron chi connectivity index (χ3n) is 5.44. The van der Waals surface area contributed by atoms with Crippen LogP contribution in [0.2, 0.25) is 0 Å². The van der Waals surface area contributed by atoms with Crippen LogP contribution in [-0.4, -0.2) is 55.1 Å². The van der Waals surface area contributed by atoms with Crippen LogP contribution in [-0.2, 0) is 9.53 Å². The van der Waals surface area contributed by atoms with Crippen LogP contribution in [0.4, 0.5) is 5.00 Å². The standard InChI is InChI=1S/C24H33N3O3S/c1-5-30-24(29)21-17(4)22(18-9-7-6-8-10-18)31-23(21)26-20(28)15-27-13-11-19(12-14-27)25-16(2)3/h6-10,16,19,25H,5,11-15H2,1-4H3,(H,26,28). The predicted octanol–water partition coefficient (Wildman–Crippen LogP) is 4.30. The van der Waals surface area contributed by atoms with Gasteiger partial charge in [0.25, 0.3) is 0 Å². The molecule has 0 spiro atoms. The van der Waals surface area contributed by atoms with Gasteiger partial charge < -0.3 is 15.4 Å². The number of benzene rings is 1. The second-order valence-electron chi connectivity index (χ2n) is 8.27. The number of nitrogens with zero attached hydrogens (tertiary/aromatic N) is 1. The summed E-state index contributed by atoms with van der Waals surface area (Å²) in [4.78, 5) is 28.6. The lowest BCUT2D eigenvalue weighted by atomic mass is 10.0. The van der Waals surface area contributed by atoms with Gasteiger partial charge in [0, 0.05) is 30.1 Å². The van der Waals surface area contributed by atoms with E-state index < -0.39 is 5.97 Å². The fraction of sp³-hybridized carbons (Fsp3) is 0.500. The van der Waals surface area contributed by atoms with Crippen molar-refractivity contribution in [2.24, 2.45) is 0 Å². The second-order valence-corrected chi connectivity index (χ2v) is 9.29. The van der Waals surface area contributed by atoms with Crippen LogP contribution in [0, 0.1) is 6.92 Å². The summed E-state index contributed by atoms with van der Waals surface area (Å²) in [5.74, 6) is -0.490. The Kier molecular flexibility index (Phi) is 8.23. The maximum atomic E-state index is 12.8. The molecule has 168 valence electrons. The number of anilines is 1. The molecule has 1 fully saturated rings. The van der Waals surface area contributed by atoms with Crippen LogP contribution in [0.1, 0.15) is 49.5 Å². The van der Waals surface area contributed by atoms with Crippen molar-refractivity contribution >= 4 is 28.2 Å². The van der Waals surface area contributed by atoms with E-state index >= 15 is 0 Å². The molecule has 1 aliphatic heterocycles. The molecule has 0 radical (unpaired) electrons. The van der Waals surface area contributed by atoms with E-state index in [-0.39, 0.29) is 5.91 Å². The van der Waals surface area contributed by atoms with Crippen molar-refractivity contribution in [1.82, 2.24) is 10.2 Å². The molecule has 0 saturated carbocycles. The first-order chi connectivity index (χ1) is 14.9. The topological polar surface area (TPSA) is 70.7 Å². The Morgan fingerprint density at radius 1 is 1.19 bits per heavy atom. The summed E-state index contributed by atoms with van der Waals surface area (Å²) in [6.45, 7) is 10.4. The van der Waals surface area contributed by atoms with Crippen molar-refractivity contribution in [3.05, 3.63) is 41.5 Å². The highest BCUT2D eigenvalue weighted by atomic mass is 32.1. The van der Waals surface area contributed by atoms with Crippen LogP contribution in [0.5, 0.6) is 0 Å². The molecule has 1 saturated heterocycles. The van der Waals surface area contributed by atoms with E-state index in [2.05, 4.69) is 29.4 Å². The van der Waals surface area contributed by atoms with Crippen molar-refractivity contribution in [2.45, 2.75) is 52.6 Å². The summed E-state index contributed by atoms with van der Waals surface area (Å²) in [5.41, 5.74) is 2.32. The molecule has 0 bridgehead atoms. The molecule has 1 aromatic heterocycles. The molecule has 31 heavy (non-hydrogen) atoms. The lowest BCUT2D eigenvalue weighted by molar-refractivity contribution is -0.117. The van der Waals surface area contributed by atoms with Crippen LogP contribution in [0.3, 0.4) is 0 Å². The van der Waals surface area contributed by atoms with E-state index in [0.29, 0.717) is 35.8 Å². The molecule has 2 aromatic rings. The fourth-order valence-corrected chi connectivity index (χ4v) is 5.23. The number of rotatable bonds is 8. The molecule has 0 aliphatic carbocycles. The van der Waals surface area contributed by atoms with Crippen molar-refractivity contribution in [1.29, 1.82) is 0 Å². The lowest BCUT2D eigenvalue weighted by Crippen LogP contribution is -2.46. The Hall–Kier alpha value is -2.22. The molecule has 3 rings (SSSR count). The summed E-state index contributed by atoms with van der Waals surface area (Å²) in [5, 5.41) is 7.13. The van der Waals surface area contributed by atoms with Crippen molar-refractivity contribution in [2.75, 3.05) is 31.6 Å². The van der Waals surface area contributed by atoms with E-state index in [0.717, 1.165) is 41.9 Å². The molecule has 0 atom stereocenters. The van der Waals surface area contributed by atoms with Gasteiger partial charge in [0.1, 0.15) is 5.00 Å². The van der Waals surface area contributed by atoms with Gasteiger partial charge in [0.2, 0.25) is 5.91 Å². The number of nitrogens with one attached hydrogen (secondary N) is 2. The maximum absolute atomic E-state index is 12.8. The Balaban J connectivity index is 1.71. The summed E-state index contributed by atoms with van der Waals surface area (Å²) in [6.07, 6.45) is 2.08. The Bertz CT molecular complexity index is 887. The van der Waals surface area contributed by atoms with Gasteiger partial charge in [0.15, 0.2) is 0 Å². The largest absolute Gasteiger partial charge is 0.462 e. The van der Waals surface area contributed by atoms with Crippen LogP contribution < -0.4 is 10.6 Å². The number of likely N-dealkylation sites (tertiary alicyclic amines) is 1. The van der Waals surface area contributed by atoms with Gasteiger partial charge in [-0.3, -0.25) is 9.69 Å². The third-order valence-corrected chi connectivity index (χ3v) is 6.70. The highest BCUT2D eigenvalue weighted by Gasteiger charge is 2.26. The molecule has 2 heterocycles. The van der Waals surface area contributed by atoms with Crippen molar-refractivity contribution in [3.8, 4) is 10.4 Å². The fourth-order valence-electron chi connectivity index (χ4n) is 4.01. The summed E-state index contributed by atoms with van der Waals surface area (Å²) >= 11 is 1.43. The van der Waals surface area contributed by atoms with Crippen LogP contribution in [0.25, 0.3) is 10.4 Å². The SMILES string of the molecule is CCOC(=O)c1c(NC(=O)CN2CCC(NC(C)C)CC2)sc(-c2ccccc2)c1C. The first kappa shape index (κ1) is 23.4. The van der Waals surface area contributed by atoms with Gasteiger partial charge in [-0.2, -0.15) is 0 Å². The monoisotopic (exact) mass is 443 g/mol. The minimum atomic E-state index is -0.394. The van der Waals surface area contributed by atoms with E-state index in [4.69, 9.17) is 4.74 Å². The van der Waals surface area contributed by atoms with Gasteiger partial charge in [-0.1, -0.05) is 44.2 Å². The number of carbonyl (C=O) groups excluding carboxylic acids is 2. The van der Waals surface area contributed by atoms with Gasteiger partial charge in [-0.15, -0.1) is 11.3 Å². The molecular formula is C24H33N3O3S. The maximum Gasteiger partial charge on any atom is 0.341 e. The quantitative estimate of drug-likeness (QED) is 0.595. The Morgan fingerprint density at radius 3 is 2.48 bits per heavy atom. The minimum absolute atomic E-state index is 0.0957. The number of carbonyl (C=O) groups is 2. The van der Waals surface area contributed by atoms with Crippen molar-refractivity contribution in [3.63, 3.8) is 0 Å². The zero-order chi connectivity index (χ0) is 22.4.